The van der Waals surface area contributed by atoms with Gasteiger partial charge in [-0.3, -0.25) is 13.7 Å². The van der Waals surface area contributed by atoms with Crippen molar-refractivity contribution in [1.82, 2.24) is 38.6 Å². The van der Waals surface area contributed by atoms with Crippen LogP contribution in [0, 0.1) is 13.8 Å². The minimum absolute atomic E-state index is 0.485. The summed E-state index contributed by atoms with van der Waals surface area (Å²) in [7, 11) is 0. The second-order valence-corrected chi connectivity index (χ2v) is 15.2. The van der Waals surface area contributed by atoms with E-state index in [1.165, 1.54) is 34.2 Å². The van der Waals surface area contributed by atoms with Crippen LogP contribution in [0.15, 0.2) is 171 Å². The van der Waals surface area contributed by atoms with Gasteiger partial charge in [-0.25, -0.2) is 24.9 Å². The number of rotatable bonds is 7. The van der Waals surface area contributed by atoms with Gasteiger partial charge in [0.05, 0.1) is 33.1 Å². The normalized spacial score (nSPS) is 11.8. The van der Waals surface area contributed by atoms with E-state index in [1.807, 2.05) is 77.6 Å². The maximum Gasteiger partial charge on any atom is 0.237 e. The SMILES string of the molecule is Cc1cc(Oc2ccc3c4ccc(Oc5cc(C)c6c7ccccc7n(-c7ccccn7)c6c5)cc4n(-c4ncncn4)c3c2)cc2c1c1ccccc1n2-c1ccccn1. The van der Waals surface area contributed by atoms with Gasteiger partial charge in [-0.2, -0.15) is 0 Å². The molecule has 0 spiro atoms. The fraction of sp³-hybridized carbons (Fsp3) is 0.0392. The molecule has 10 nitrogen and oxygen atoms in total. The Morgan fingerprint density at radius 3 is 1.31 bits per heavy atom. The van der Waals surface area contributed by atoms with Crippen LogP contribution in [-0.4, -0.2) is 38.6 Å². The van der Waals surface area contributed by atoms with Gasteiger partial charge in [-0.05, 0) is 97.8 Å². The van der Waals surface area contributed by atoms with Gasteiger partial charge >= 0.3 is 0 Å². The molecule has 0 radical (unpaired) electrons. The van der Waals surface area contributed by atoms with Crippen molar-refractivity contribution in [2.75, 3.05) is 0 Å². The fourth-order valence-corrected chi connectivity index (χ4v) is 9.07. The summed E-state index contributed by atoms with van der Waals surface area (Å²) in [5.74, 6) is 4.97. The van der Waals surface area contributed by atoms with Crippen LogP contribution in [-0.2, 0) is 0 Å². The lowest BCUT2D eigenvalue weighted by molar-refractivity contribution is 0.483. The quantitative estimate of drug-likeness (QED) is 0.158. The molecule has 6 aromatic carbocycles. The molecular weight excluding hydrogens is 757 g/mol. The molecule has 0 aliphatic heterocycles. The van der Waals surface area contributed by atoms with E-state index in [0.29, 0.717) is 17.4 Å². The van der Waals surface area contributed by atoms with Crippen LogP contribution in [0.4, 0.5) is 0 Å². The lowest BCUT2D eigenvalue weighted by atomic mass is 10.1. The average Bonchev–Trinajstić information content (AvgIpc) is 3.92. The highest BCUT2D eigenvalue weighted by molar-refractivity contribution is 6.13. The van der Waals surface area contributed by atoms with E-state index in [4.69, 9.17) is 19.4 Å². The number of para-hydroxylation sites is 2. The smallest absolute Gasteiger partial charge is 0.237 e. The van der Waals surface area contributed by atoms with Crippen molar-refractivity contribution in [2.45, 2.75) is 13.8 Å². The maximum atomic E-state index is 6.73. The van der Waals surface area contributed by atoms with Crippen molar-refractivity contribution in [3.8, 4) is 40.6 Å². The minimum Gasteiger partial charge on any atom is -0.457 e. The molecule has 12 aromatic rings. The van der Waals surface area contributed by atoms with Crippen molar-refractivity contribution in [2.24, 2.45) is 0 Å². The first-order valence-electron chi connectivity index (χ1n) is 20.0. The monoisotopic (exact) mass is 790 g/mol. The first kappa shape index (κ1) is 34.7. The highest BCUT2D eigenvalue weighted by Gasteiger charge is 2.20. The summed E-state index contributed by atoms with van der Waals surface area (Å²) in [5.41, 5.74) is 8.21. The van der Waals surface area contributed by atoms with Gasteiger partial charge < -0.3 is 9.47 Å². The van der Waals surface area contributed by atoms with Gasteiger partial charge in [0, 0.05) is 69.0 Å². The molecule has 12 rings (SSSR count). The molecule has 6 heterocycles. The van der Waals surface area contributed by atoms with Gasteiger partial charge in [-0.15, -0.1) is 0 Å². The van der Waals surface area contributed by atoms with Crippen LogP contribution < -0.4 is 9.47 Å². The predicted octanol–water partition coefficient (Wildman–Crippen LogP) is 12.2. The molecule has 290 valence electrons. The maximum absolute atomic E-state index is 6.73. The lowest BCUT2D eigenvalue weighted by Crippen LogP contribution is -2.01. The molecule has 0 N–H and O–H groups in total. The summed E-state index contributed by atoms with van der Waals surface area (Å²) in [6.07, 6.45) is 6.67. The summed E-state index contributed by atoms with van der Waals surface area (Å²) in [6, 6.07) is 49.5. The summed E-state index contributed by atoms with van der Waals surface area (Å²) < 4.78 is 19.9. The van der Waals surface area contributed by atoms with Crippen LogP contribution in [0.2, 0.25) is 0 Å². The number of pyridine rings is 2. The Labute approximate surface area is 348 Å². The Kier molecular flexibility index (Phi) is 7.73. The Balaban J connectivity index is 0.971. The average molecular weight is 791 g/mol. The molecule has 10 heteroatoms. The third-order valence-corrected chi connectivity index (χ3v) is 11.5. The van der Waals surface area contributed by atoms with Crippen molar-refractivity contribution in [3.63, 3.8) is 0 Å². The topological polar surface area (TPSA) is 97.7 Å². The third kappa shape index (κ3) is 5.53. The summed E-state index contributed by atoms with van der Waals surface area (Å²) in [6.45, 7) is 4.26. The molecule has 0 aliphatic rings. The number of nitrogens with zero attached hydrogens (tertiary/aromatic N) is 8. The molecule has 0 saturated heterocycles. The summed E-state index contributed by atoms with van der Waals surface area (Å²) in [4.78, 5) is 22.8. The largest absolute Gasteiger partial charge is 0.457 e. The van der Waals surface area contributed by atoms with Crippen LogP contribution >= 0.6 is 0 Å². The number of hydrogen-bond acceptors (Lipinski definition) is 7. The molecule has 0 saturated carbocycles. The van der Waals surface area contributed by atoms with E-state index < -0.39 is 0 Å². The van der Waals surface area contributed by atoms with Crippen molar-refractivity contribution in [3.05, 3.63) is 182 Å². The van der Waals surface area contributed by atoms with Gasteiger partial charge in [0.15, 0.2) is 0 Å². The van der Waals surface area contributed by atoms with Gasteiger partial charge in [0.25, 0.3) is 0 Å². The first-order valence-corrected chi connectivity index (χ1v) is 20.0. The Morgan fingerprint density at radius 2 is 0.836 bits per heavy atom. The Bertz CT molecular complexity index is 3450. The number of aryl methyl sites for hydroxylation is 2. The van der Waals surface area contributed by atoms with Crippen LogP contribution in [0.5, 0.6) is 23.0 Å². The van der Waals surface area contributed by atoms with Crippen LogP contribution in [0.3, 0.4) is 0 Å². The van der Waals surface area contributed by atoms with Gasteiger partial charge in [0.1, 0.15) is 47.3 Å². The Morgan fingerprint density at radius 1 is 0.377 bits per heavy atom. The molecule has 0 amide bonds. The standard InChI is InChI=1S/C51H34N8O2/c1-31-23-35(27-45-49(31)39-11-3-5-13-41(39)57(45)47-15-7-9-21-53-47)60-33-17-19-37-38-20-18-34(26-44(38)59(43(37)25-33)51-55-29-52-30-56-51)61-36-24-32(2)50-40-12-4-6-14-42(40)58(46(50)28-36)48-16-8-10-22-54-48/h3-30H,1-2H3. The molecule has 61 heavy (non-hydrogen) atoms. The number of hydrogen-bond donors (Lipinski definition) is 0. The highest BCUT2D eigenvalue weighted by atomic mass is 16.5. The van der Waals surface area contributed by atoms with Gasteiger partial charge in [0.2, 0.25) is 5.95 Å². The van der Waals surface area contributed by atoms with Crippen molar-refractivity contribution < 1.29 is 9.47 Å². The first-order chi connectivity index (χ1) is 30.1. The zero-order chi connectivity index (χ0) is 40.6. The molecule has 0 bridgehead atoms. The van der Waals surface area contributed by atoms with Crippen molar-refractivity contribution in [1.29, 1.82) is 0 Å². The van der Waals surface area contributed by atoms with E-state index in [2.05, 4.69) is 123 Å². The molecular formula is C51H34N8O2. The summed E-state index contributed by atoms with van der Waals surface area (Å²) >= 11 is 0. The van der Waals surface area contributed by atoms with E-state index in [-0.39, 0.29) is 0 Å². The van der Waals surface area contributed by atoms with E-state index in [9.17, 15) is 0 Å². The minimum atomic E-state index is 0.485. The predicted molar refractivity (Wildman–Crippen MR) is 241 cm³/mol. The zero-order valence-electron chi connectivity index (χ0n) is 33.1. The van der Waals surface area contributed by atoms with E-state index in [0.717, 1.165) is 78.1 Å². The summed E-state index contributed by atoms with van der Waals surface area (Å²) in [5, 5.41) is 6.72. The van der Waals surface area contributed by atoms with Crippen molar-refractivity contribution >= 4 is 65.4 Å². The molecule has 6 aromatic heterocycles. The van der Waals surface area contributed by atoms with Crippen LogP contribution in [0.25, 0.3) is 83.0 Å². The number of benzene rings is 6. The molecule has 0 unspecified atom stereocenters. The molecule has 0 atom stereocenters. The zero-order valence-corrected chi connectivity index (χ0v) is 33.1. The number of aromatic nitrogens is 8. The Hall–Kier alpha value is -8.37. The highest BCUT2D eigenvalue weighted by Crippen LogP contribution is 2.41. The number of fused-ring (bicyclic) bond motifs is 9. The van der Waals surface area contributed by atoms with E-state index >= 15 is 0 Å². The van der Waals surface area contributed by atoms with Gasteiger partial charge in [-0.1, -0.05) is 48.5 Å². The second-order valence-electron chi connectivity index (χ2n) is 15.2. The molecule has 0 fully saturated rings. The number of ether oxygens (including phenoxy) is 2. The van der Waals surface area contributed by atoms with E-state index in [1.54, 1.807) is 0 Å². The lowest BCUT2D eigenvalue weighted by Gasteiger charge is -2.11. The fourth-order valence-electron chi connectivity index (χ4n) is 9.07. The third-order valence-electron chi connectivity index (χ3n) is 11.5. The second kappa shape index (κ2) is 13.6. The molecule has 0 aliphatic carbocycles. The van der Waals surface area contributed by atoms with Crippen LogP contribution in [0.1, 0.15) is 11.1 Å².